The van der Waals surface area contributed by atoms with Gasteiger partial charge in [0, 0.05) is 37.9 Å². The number of para-hydroxylation sites is 1. The molecule has 0 unspecified atom stereocenters. The topological polar surface area (TPSA) is 99.2 Å². The molecule has 34 heavy (non-hydrogen) atoms. The number of carboxylic acid groups (broad SMARTS) is 1. The van der Waals surface area contributed by atoms with Crippen molar-refractivity contribution in [1.29, 1.82) is 0 Å². The number of hydrogen-bond donors (Lipinski definition) is 2. The number of aliphatic carboxylic acids is 1. The van der Waals surface area contributed by atoms with Crippen LogP contribution in [-0.2, 0) is 9.59 Å². The summed E-state index contributed by atoms with van der Waals surface area (Å²) in [7, 11) is 1.52. The molecule has 8 nitrogen and oxygen atoms in total. The van der Waals surface area contributed by atoms with Crippen molar-refractivity contribution in [1.82, 2.24) is 4.90 Å². The number of carboxylic acids is 1. The normalized spacial score (nSPS) is 20.5. The predicted molar refractivity (Wildman–Crippen MR) is 129 cm³/mol. The van der Waals surface area contributed by atoms with Crippen LogP contribution in [0.3, 0.4) is 0 Å². The van der Waals surface area contributed by atoms with Crippen molar-refractivity contribution in [2.24, 2.45) is 11.8 Å². The Morgan fingerprint density at radius 3 is 2.26 bits per heavy atom. The zero-order valence-corrected chi connectivity index (χ0v) is 19.4. The molecule has 0 radical (unpaired) electrons. The van der Waals surface area contributed by atoms with Crippen LogP contribution in [0.25, 0.3) is 0 Å². The monoisotopic (exact) mass is 465 g/mol. The number of methoxy groups -OCH3 is 1. The van der Waals surface area contributed by atoms with Gasteiger partial charge in [-0.3, -0.25) is 14.4 Å². The van der Waals surface area contributed by atoms with Gasteiger partial charge < -0.3 is 25.0 Å². The van der Waals surface area contributed by atoms with Gasteiger partial charge >= 0.3 is 5.97 Å². The number of amides is 2. The van der Waals surface area contributed by atoms with Crippen LogP contribution < -0.4 is 15.0 Å². The van der Waals surface area contributed by atoms with Gasteiger partial charge in [-0.2, -0.15) is 0 Å². The van der Waals surface area contributed by atoms with Gasteiger partial charge in [0.25, 0.3) is 5.91 Å². The van der Waals surface area contributed by atoms with Crippen LogP contribution in [0.5, 0.6) is 5.75 Å². The number of nitrogens with one attached hydrogen (secondary N) is 1. The van der Waals surface area contributed by atoms with Crippen molar-refractivity contribution in [3.63, 3.8) is 0 Å². The lowest BCUT2D eigenvalue weighted by Crippen LogP contribution is -2.49. The number of ether oxygens (including phenoxy) is 1. The Hall–Kier alpha value is -3.55. The average Bonchev–Trinajstić information content (AvgIpc) is 2.88. The molecular formula is C26H31N3O5. The van der Waals surface area contributed by atoms with Gasteiger partial charge in [-0.1, -0.05) is 31.0 Å². The van der Waals surface area contributed by atoms with Gasteiger partial charge in [-0.05, 0) is 37.1 Å². The Bertz CT molecular complexity index is 1030. The highest BCUT2D eigenvalue weighted by Gasteiger charge is 2.36. The maximum Gasteiger partial charge on any atom is 0.307 e. The van der Waals surface area contributed by atoms with Gasteiger partial charge in [0.2, 0.25) is 5.91 Å². The molecule has 2 atom stereocenters. The van der Waals surface area contributed by atoms with Gasteiger partial charge in [0.1, 0.15) is 5.75 Å². The van der Waals surface area contributed by atoms with Crippen molar-refractivity contribution in [3.05, 3.63) is 54.1 Å². The van der Waals surface area contributed by atoms with E-state index in [1.54, 1.807) is 23.1 Å². The Labute approximate surface area is 199 Å². The molecule has 2 amide bonds. The summed E-state index contributed by atoms with van der Waals surface area (Å²) in [5.74, 6) is -2.27. The summed E-state index contributed by atoms with van der Waals surface area (Å²) in [6.45, 7) is 2.57. The largest absolute Gasteiger partial charge is 0.497 e. The lowest BCUT2D eigenvalue weighted by Gasteiger charge is -2.36. The van der Waals surface area contributed by atoms with Crippen LogP contribution in [0.1, 0.15) is 36.0 Å². The van der Waals surface area contributed by atoms with E-state index >= 15 is 0 Å². The molecule has 0 aromatic heterocycles. The Morgan fingerprint density at radius 2 is 1.62 bits per heavy atom. The molecule has 180 valence electrons. The van der Waals surface area contributed by atoms with E-state index in [2.05, 4.69) is 22.3 Å². The first-order valence-electron chi connectivity index (χ1n) is 11.8. The van der Waals surface area contributed by atoms with Gasteiger partial charge in [0.15, 0.2) is 0 Å². The summed E-state index contributed by atoms with van der Waals surface area (Å²) in [6, 6.07) is 15.1. The zero-order valence-electron chi connectivity index (χ0n) is 19.4. The van der Waals surface area contributed by atoms with E-state index in [9.17, 15) is 19.5 Å². The van der Waals surface area contributed by atoms with Gasteiger partial charge in [0.05, 0.1) is 30.2 Å². The summed E-state index contributed by atoms with van der Waals surface area (Å²) in [4.78, 5) is 42.2. The highest BCUT2D eigenvalue weighted by molar-refractivity contribution is 6.05. The summed E-state index contributed by atoms with van der Waals surface area (Å²) < 4.78 is 5.31. The minimum atomic E-state index is -0.946. The zero-order chi connectivity index (χ0) is 24.1. The molecule has 4 rings (SSSR count). The van der Waals surface area contributed by atoms with E-state index in [4.69, 9.17) is 4.74 Å². The average molecular weight is 466 g/mol. The Balaban J connectivity index is 1.49. The van der Waals surface area contributed by atoms with E-state index in [0.717, 1.165) is 31.6 Å². The van der Waals surface area contributed by atoms with Crippen LogP contribution in [0.4, 0.5) is 11.4 Å². The van der Waals surface area contributed by atoms with Crippen LogP contribution in [0.2, 0.25) is 0 Å². The lowest BCUT2D eigenvalue weighted by molar-refractivity contribution is -0.147. The Kier molecular flexibility index (Phi) is 7.35. The molecule has 2 aromatic rings. The third-order valence-electron chi connectivity index (χ3n) is 6.82. The number of piperazine rings is 1. The molecule has 1 saturated carbocycles. The first-order chi connectivity index (χ1) is 16.5. The number of nitrogens with zero attached hydrogens (tertiary/aromatic N) is 2. The molecular weight excluding hydrogens is 434 g/mol. The second kappa shape index (κ2) is 10.6. The summed E-state index contributed by atoms with van der Waals surface area (Å²) in [6.07, 6.45) is 2.64. The number of rotatable bonds is 6. The second-order valence-electron chi connectivity index (χ2n) is 8.85. The molecule has 1 saturated heterocycles. The fourth-order valence-corrected chi connectivity index (χ4v) is 4.88. The van der Waals surface area contributed by atoms with Crippen molar-refractivity contribution in [3.8, 4) is 5.75 Å². The van der Waals surface area contributed by atoms with Gasteiger partial charge in [-0.25, -0.2) is 0 Å². The molecule has 1 aliphatic carbocycles. The summed E-state index contributed by atoms with van der Waals surface area (Å²) in [5, 5.41) is 12.4. The Morgan fingerprint density at radius 1 is 0.941 bits per heavy atom. The van der Waals surface area contributed by atoms with Crippen molar-refractivity contribution < 1.29 is 24.2 Å². The quantitative estimate of drug-likeness (QED) is 0.678. The number of benzene rings is 2. The fraction of sp³-hybridized carbons (Fsp3) is 0.423. The SMILES string of the molecule is COc1ccc(C(=O)N2CCN(c3ccccc3)CC2)c(NC(=O)[C@H]2CCCC[C@H]2C(=O)O)c1. The number of hydrogen-bond acceptors (Lipinski definition) is 5. The number of carbonyl (C=O) groups is 3. The van der Waals surface area contributed by atoms with Crippen LogP contribution in [-0.4, -0.2) is 61.1 Å². The molecule has 1 heterocycles. The molecule has 2 aliphatic rings. The summed E-state index contributed by atoms with van der Waals surface area (Å²) in [5.41, 5.74) is 1.87. The molecule has 1 aliphatic heterocycles. The van der Waals surface area contributed by atoms with Crippen LogP contribution in [0, 0.1) is 11.8 Å². The smallest absolute Gasteiger partial charge is 0.307 e. The predicted octanol–water partition coefficient (Wildman–Crippen LogP) is 3.49. The number of carbonyl (C=O) groups excluding carboxylic acids is 2. The maximum atomic E-state index is 13.4. The van der Waals surface area contributed by atoms with E-state index in [-0.39, 0.29) is 11.8 Å². The van der Waals surface area contributed by atoms with Gasteiger partial charge in [-0.15, -0.1) is 0 Å². The lowest BCUT2D eigenvalue weighted by atomic mass is 9.78. The highest BCUT2D eigenvalue weighted by atomic mass is 16.5. The molecule has 0 spiro atoms. The van der Waals surface area contributed by atoms with Crippen LogP contribution >= 0.6 is 0 Å². The first kappa shape index (κ1) is 23.6. The minimum absolute atomic E-state index is 0.163. The maximum absolute atomic E-state index is 13.4. The third kappa shape index (κ3) is 5.16. The van der Waals surface area contributed by atoms with Crippen molar-refractivity contribution >= 4 is 29.2 Å². The number of anilines is 2. The summed E-state index contributed by atoms with van der Waals surface area (Å²) >= 11 is 0. The molecule has 2 aromatic carbocycles. The van der Waals surface area contributed by atoms with Crippen molar-refractivity contribution in [2.75, 3.05) is 43.5 Å². The van der Waals surface area contributed by atoms with Crippen molar-refractivity contribution in [2.45, 2.75) is 25.7 Å². The van der Waals surface area contributed by atoms with E-state index in [1.807, 2.05) is 18.2 Å². The molecule has 2 N–H and O–H groups in total. The highest BCUT2D eigenvalue weighted by Crippen LogP contribution is 2.32. The van der Waals surface area contributed by atoms with E-state index in [1.165, 1.54) is 7.11 Å². The first-order valence-corrected chi connectivity index (χ1v) is 11.8. The third-order valence-corrected chi connectivity index (χ3v) is 6.82. The second-order valence-corrected chi connectivity index (χ2v) is 8.85. The minimum Gasteiger partial charge on any atom is -0.497 e. The van der Waals surface area contributed by atoms with E-state index in [0.29, 0.717) is 42.9 Å². The standard InChI is InChI=1S/C26H31N3O5/c1-34-19-11-12-22(23(17-19)27-24(30)20-9-5-6-10-21(20)26(32)33)25(31)29-15-13-28(14-16-29)18-7-3-2-4-8-18/h2-4,7-8,11-12,17,20-21H,5-6,9-10,13-16H2,1H3,(H,27,30)(H,32,33)/t20-,21+/m0/s1. The van der Waals surface area contributed by atoms with E-state index < -0.39 is 17.8 Å². The van der Waals surface area contributed by atoms with Crippen LogP contribution in [0.15, 0.2) is 48.5 Å². The molecule has 0 bridgehead atoms. The molecule has 8 heteroatoms. The molecule has 2 fully saturated rings. The fourth-order valence-electron chi connectivity index (χ4n) is 4.88.